The lowest BCUT2D eigenvalue weighted by atomic mass is 10.2. The Kier molecular flexibility index (Phi) is 3.55. The first-order chi connectivity index (χ1) is 8.99. The van der Waals surface area contributed by atoms with Gasteiger partial charge in [0.05, 0.1) is 5.56 Å². The lowest BCUT2D eigenvalue weighted by Crippen LogP contribution is -2.38. The van der Waals surface area contributed by atoms with Crippen molar-refractivity contribution in [1.82, 2.24) is 9.13 Å². The van der Waals surface area contributed by atoms with Crippen LogP contribution >= 0.6 is 0 Å². The first-order valence-electron chi connectivity index (χ1n) is 6.05. The van der Waals surface area contributed by atoms with Crippen LogP contribution < -0.4 is 16.6 Å². The number of anilines is 1. The zero-order valence-electron chi connectivity index (χ0n) is 11.3. The average Bonchev–Trinajstić information content (AvgIpc) is 2.39. The molecule has 0 saturated heterocycles. The van der Waals surface area contributed by atoms with E-state index in [1.165, 1.54) is 11.6 Å². The molecule has 0 amide bonds. The van der Waals surface area contributed by atoms with E-state index in [4.69, 9.17) is 0 Å². The molecular formula is C14H17N3O2. The second-order valence-corrected chi connectivity index (χ2v) is 4.64. The molecule has 2 rings (SSSR count). The Morgan fingerprint density at radius 3 is 2.63 bits per heavy atom. The number of rotatable bonds is 3. The van der Waals surface area contributed by atoms with Gasteiger partial charge in [-0.2, -0.15) is 0 Å². The fraction of sp³-hybridized carbons (Fsp3) is 0.286. The first-order valence-corrected chi connectivity index (χ1v) is 6.05. The summed E-state index contributed by atoms with van der Waals surface area (Å²) in [6, 6.07) is 7.92. The summed E-state index contributed by atoms with van der Waals surface area (Å²) in [5.74, 6) is 0. The molecule has 2 aromatic rings. The van der Waals surface area contributed by atoms with Gasteiger partial charge in [-0.3, -0.25) is 9.36 Å². The van der Waals surface area contributed by atoms with Gasteiger partial charge in [-0.15, -0.1) is 0 Å². The van der Waals surface area contributed by atoms with E-state index < -0.39 is 0 Å². The molecule has 0 unspecified atom stereocenters. The molecule has 1 aromatic carbocycles. The average molecular weight is 259 g/mol. The van der Waals surface area contributed by atoms with Gasteiger partial charge in [-0.25, -0.2) is 4.79 Å². The minimum Gasteiger partial charge on any atom is -0.381 e. The summed E-state index contributed by atoms with van der Waals surface area (Å²) >= 11 is 0. The van der Waals surface area contributed by atoms with E-state index in [1.807, 2.05) is 31.2 Å². The van der Waals surface area contributed by atoms with Crippen LogP contribution in [0.3, 0.4) is 0 Å². The molecule has 100 valence electrons. The fourth-order valence-corrected chi connectivity index (χ4v) is 1.96. The van der Waals surface area contributed by atoms with E-state index in [9.17, 15) is 9.59 Å². The molecule has 0 aliphatic carbocycles. The van der Waals surface area contributed by atoms with Crippen molar-refractivity contribution in [2.45, 2.75) is 13.5 Å². The second kappa shape index (κ2) is 5.14. The van der Waals surface area contributed by atoms with E-state index in [-0.39, 0.29) is 11.2 Å². The van der Waals surface area contributed by atoms with Crippen molar-refractivity contribution in [3.05, 3.63) is 62.4 Å². The van der Waals surface area contributed by atoms with Gasteiger partial charge >= 0.3 is 5.69 Å². The smallest absolute Gasteiger partial charge is 0.330 e. The van der Waals surface area contributed by atoms with Gasteiger partial charge in [0, 0.05) is 32.5 Å². The molecule has 1 aromatic heterocycles. The number of hydrogen-bond donors (Lipinski definition) is 1. The Bertz CT molecular complexity index is 713. The Balaban J connectivity index is 2.26. The molecule has 1 heterocycles. The lowest BCUT2D eigenvalue weighted by molar-refractivity contribution is 0.671. The molecule has 0 radical (unpaired) electrons. The summed E-state index contributed by atoms with van der Waals surface area (Å²) in [4.78, 5) is 23.5. The maximum atomic E-state index is 11.9. The normalized spacial score (nSPS) is 10.5. The van der Waals surface area contributed by atoms with E-state index in [1.54, 1.807) is 13.2 Å². The van der Waals surface area contributed by atoms with Gasteiger partial charge in [-0.05, 0) is 24.6 Å². The predicted molar refractivity (Wildman–Crippen MR) is 75.4 cm³/mol. The van der Waals surface area contributed by atoms with Crippen molar-refractivity contribution in [2.75, 3.05) is 5.32 Å². The van der Waals surface area contributed by atoms with Crippen LogP contribution in [-0.4, -0.2) is 9.13 Å². The third-order valence-electron chi connectivity index (χ3n) is 3.02. The maximum Gasteiger partial charge on any atom is 0.330 e. The van der Waals surface area contributed by atoms with Crippen LogP contribution in [0, 0.1) is 6.92 Å². The fourth-order valence-electron chi connectivity index (χ4n) is 1.96. The molecule has 0 aliphatic heterocycles. The SMILES string of the molecule is Cc1cccc(NCc2cn(C)c(=O)n(C)c2=O)c1. The largest absolute Gasteiger partial charge is 0.381 e. The van der Waals surface area contributed by atoms with Crippen LogP contribution in [0.1, 0.15) is 11.1 Å². The van der Waals surface area contributed by atoms with Gasteiger partial charge in [0.25, 0.3) is 5.56 Å². The second-order valence-electron chi connectivity index (χ2n) is 4.64. The zero-order chi connectivity index (χ0) is 14.0. The van der Waals surface area contributed by atoms with Crippen LogP contribution in [0.25, 0.3) is 0 Å². The quantitative estimate of drug-likeness (QED) is 0.895. The van der Waals surface area contributed by atoms with Crippen LogP contribution in [0.4, 0.5) is 5.69 Å². The minimum absolute atomic E-state index is 0.261. The monoisotopic (exact) mass is 259 g/mol. The van der Waals surface area contributed by atoms with E-state index in [0.717, 1.165) is 15.8 Å². The third-order valence-corrected chi connectivity index (χ3v) is 3.02. The Morgan fingerprint density at radius 1 is 1.21 bits per heavy atom. The van der Waals surface area contributed by atoms with Crippen molar-refractivity contribution in [1.29, 1.82) is 0 Å². The third kappa shape index (κ3) is 2.76. The number of aryl methyl sites for hydroxylation is 2. The number of aromatic nitrogens is 2. The zero-order valence-corrected chi connectivity index (χ0v) is 11.3. The van der Waals surface area contributed by atoms with Crippen LogP contribution in [-0.2, 0) is 20.6 Å². The number of benzene rings is 1. The van der Waals surface area contributed by atoms with Crippen molar-refractivity contribution >= 4 is 5.69 Å². The summed E-state index contributed by atoms with van der Waals surface area (Å²) in [7, 11) is 3.12. The molecule has 5 heteroatoms. The molecule has 1 N–H and O–H groups in total. The van der Waals surface area contributed by atoms with E-state index in [2.05, 4.69) is 5.32 Å². The number of nitrogens with one attached hydrogen (secondary N) is 1. The summed E-state index contributed by atoms with van der Waals surface area (Å²) in [6.07, 6.45) is 1.58. The highest BCUT2D eigenvalue weighted by molar-refractivity contribution is 5.45. The highest BCUT2D eigenvalue weighted by Crippen LogP contribution is 2.10. The summed E-state index contributed by atoms with van der Waals surface area (Å²) < 4.78 is 2.53. The lowest BCUT2D eigenvalue weighted by Gasteiger charge is -2.09. The standard InChI is InChI=1S/C14H17N3O2/c1-10-5-4-6-12(7-10)15-8-11-9-16(2)14(19)17(3)13(11)18/h4-7,9,15H,8H2,1-3H3. The van der Waals surface area contributed by atoms with E-state index >= 15 is 0 Å². The highest BCUT2D eigenvalue weighted by Gasteiger charge is 2.06. The molecule has 5 nitrogen and oxygen atoms in total. The van der Waals surface area contributed by atoms with Gasteiger partial charge in [0.1, 0.15) is 0 Å². The molecule has 0 fully saturated rings. The van der Waals surface area contributed by atoms with Crippen molar-refractivity contribution in [2.24, 2.45) is 14.1 Å². The highest BCUT2D eigenvalue weighted by atomic mass is 16.2. The topological polar surface area (TPSA) is 56.0 Å². The van der Waals surface area contributed by atoms with Gasteiger partial charge in [-0.1, -0.05) is 12.1 Å². The van der Waals surface area contributed by atoms with Gasteiger partial charge in [0.15, 0.2) is 0 Å². The molecule has 19 heavy (non-hydrogen) atoms. The number of nitrogens with zero attached hydrogens (tertiary/aromatic N) is 2. The van der Waals surface area contributed by atoms with Crippen LogP contribution in [0.2, 0.25) is 0 Å². The Morgan fingerprint density at radius 2 is 1.95 bits per heavy atom. The molecule has 0 spiro atoms. The molecule has 0 saturated carbocycles. The summed E-state index contributed by atoms with van der Waals surface area (Å²) in [5.41, 5.74) is 2.09. The first kappa shape index (κ1) is 13.1. The van der Waals surface area contributed by atoms with Crippen LogP contribution in [0.15, 0.2) is 40.1 Å². The summed E-state index contributed by atoms with van der Waals surface area (Å²) in [5, 5.41) is 3.19. The van der Waals surface area contributed by atoms with Gasteiger partial charge in [0.2, 0.25) is 0 Å². The van der Waals surface area contributed by atoms with Crippen molar-refractivity contribution < 1.29 is 0 Å². The predicted octanol–water partition coefficient (Wildman–Crippen LogP) is 1.00. The van der Waals surface area contributed by atoms with Crippen LogP contribution in [0.5, 0.6) is 0 Å². The minimum atomic E-state index is -0.315. The van der Waals surface area contributed by atoms with E-state index in [0.29, 0.717) is 12.1 Å². The van der Waals surface area contributed by atoms with Crippen molar-refractivity contribution in [3.8, 4) is 0 Å². The Labute approximate surface area is 111 Å². The van der Waals surface area contributed by atoms with Crippen molar-refractivity contribution in [3.63, 3.8) is 0 Å². The molecule has 0 aliphatic rings. The number of hydrogen-bond acceptors (Lipinski definition) is 3. The molecule has 0 atom stereocenters. The van der Waals surface area contributed by atoms with Gasteiger partial charge < -0.3 is 9.88 Å². The molecule has 0 bridgehead atoms. The maximum absolute atomic E-state index is 11.9. The summed E-state index contributed by atoms with van der Waals surface area (Å²) in [6.45, 7) is 2.40. The molecular weight excluding hydrogens is 242 g/mol. The Hall–Kier alpha value is -2.30.